The van der Waals surface area contributed by atoms with Crippen LogP contribution in [0.15, 0.2) is 12.2 Å². The van der Waals surface area contributed by atoms with E-state index in [9.17, 15) is 29.7 Å². The lowest BCUT2D eigenvalue weighted by Crippen LogP contribution is -2.55. The number of aliphatic hydroxyl groups is 3. The summed E-state index contributed by atoms with van der Waals surface area (Å²) >= 11 is 0. The fraction of sp³-hybridized carbons (Fsp3) is 0.848. The van der Waals surface area contributed by atoms with E-state index in [-0.39, 0.29) is 30.3 Å². The number of hydrogen-bond acceptors (Lipinski definition) is 8. The summed E-state index contributed by atoms with van der Waals surface area (Å²) in [5.41, 5.74) is -0.256. The predicted molar refractivity (Wildman–Crippen MR) is 167 cm³/mol. The highest BCUT2D eigenvalue weighted by Gasteiger charge is 2.38. The van der Waals surface area contributed by atoms with Crippen molar-refractivity contribution < 1.29 is 39.2 Å². The van der Waals surface area contributed by atoms with Crippen LogP contribution in [0.1, 0.15) is 118 Å². The number of carbonyl (C=O) groups excluding carboxylic acids is 3. The number of carbonyl (C=O) groups is 3. The van der Waals surface area contributed by atoms with Gasteiger partial charge in [-0.25, -0.2) is 0 Å². The summed E-state index contributed by atoms with van der Waals surface area (Å²) in [6.07, 6.45) is 10.4. The van der Waals surface area contributed by atoms with Crippen LogP contribution in [0.5, 0.6) is 0 Å². The number of likely N-dealkylation sites (N-methyl/N-ethyl adjacent to an activating group) is 1. The van der Waals surface area contributed by atoms with Gasteiger partial charge in [-0.3, -0.25) is 14.4 Å². The van der Waals surface area contributed by atoms with Gasteiger partial charge in [-0.2, -0.15) is 0 Å². The fourth-order valence-corrected chi connectivity index (χ4v) is 5.17. The molecule has 6 atom stereocenters. The highest BCUT2D eigenvalue weighted by molar-refractivity contribution is 5.89. The molecular weight excluding hydrogens is 552 g/mol. The lowest BCUT2D eigenvalue weighted by Gasteiger charge is -2.29. The molecule has 0 aliphatic carbocycles. The number of likely N-dealkylation sites (tertiary alicyclic amines) is 1. The van der Waals surface area contributed by atoms with Gasteiger partial charge in [0.2, 0.25) is 5.91 Å². The second-order valence-corrected chi connectivity index (χ2v) is 13.1. The molecule has 1 aliphatic heterocycles. The number of nitrogens with one attached hydrogen (secondary N) is 1. The maximum Gasteiger partial charge on any atom is 0.306 e. The zero-order valence-corrected chi connectivity index (χ0v) is 27.6. The molecule has 1 saturated heterocycles. The maximum atomic E-state index is 13.0. The minimum absolute atomic E-state index is 0.219. The topological polar surface area (TPSA) is 146 Å². The number of methoxy groups -OCH3 is 1. The Kier molecular flexibility index (Phi) is 18.9. The summed E-state index contributed by atoms with van der Waals surface area (Å²) in [7, 11) is 2.78. The lowest BCUT2D eigenvalue weighted by atomic mass is 9.94. The van der Waals surface area contributed by atoms with Crippen LogP contribution in [0.4, 0.5) is 0 Å². The molecule has 0 aromatic heterocycles. The van der Waals surface area contributed by atoms with Crippen molar-refractivity contribution in [3.8, 4) is 0 Å². The van der Waals surface area contributed by atoms with Gasteiger partial charge in [-0.05, 0) is 24.7 Å². The molecule has 10 nitrogen and oxygen atoms in total. The molecule has 250 valence electrons. The van der Waals surface area contributed by atoms with E-state index in [0.717, 1.165) is 19.3 Å². The number of nitrogens with zero attached hydrogens (tertiary/aromatic N) is 1. The SMILES string of the molecule is CCCCCCCCCCCCCC(=O)O[C@H]1CCC(NC(=O)[C@H](OC)[C@@H](O)[C@@H](O)[C@H](O)/C=C/C(C)(C)C)C(=O)N(C)C1. The highest BCUT2D eigenvalue weighted by Crippen LogP contribution is 2.19. The molecule has 43 heavy (non-hydrogen) atoms. The number of hydrogen-bond donors (Lipinski definition) is 4. The average Bonchev–Trinajstić information content (AvgIpc) is 3.07. The first-order valence-electron chi connectivity index (χ1n) is 16.3. The average molecular weight is 613 g/mol. The largest absolute Gasteiger partial charge is 0.460 e. The Morgan fingerprint density at radius 2 is 1.51 bits per heavy atom. The first-order valence-corrected chi connectivity index (χ1v) is 16.3. The van der Waals surface area contributed by atoms with Crippen LogP contribution in [0, 0.1) is 5.41 Å². The van der Waals surface area contributed by atoms with Crippen molar-refractivity contribution >= 4 is 17.8 Å². The van der Waals surface area contributed by atoms with E-state index in [4.69, 9.17) is 9.47 Å². The van der Waals surface area contributed by atoms with Crippen LogP contribution < -0.4 is 5.32 Å². The Labute approximate surface area is 259 Å². The molecule has 1 fully saturated rings. The van der Waals surface area contributed by atoms with Crippen molar-refractivity contribution in [3.63, 3.8) is 0 Å². The molecule has 10 heteroatoms. The molecular formula is C33H60N2O8. The van der Waals surface area contributed by atoms with Gasteiger partial charge in [0.05, 0.1) is 6.54 Å². The molecule has 0 spiro atoms. The number of ether oxygens (including phenoxy) is 2. The van der Waals surface area contributed by atoms with Gasteiger partial charge in [-0.15, -0.1) is 0 Å². The summed E-state index contributed by atoms with van der Waals surface area (Å²) in [6, 6.07) is -0.916. The van der Waals surface area contributed by atoms with Crippen LogP contribution in [0.25, 0.3) is 0 Å². The third kappa shape index (κ3) is 16.0. The van der Waals surface area contributed by atoms with Gasteiger partial charge >= 0.3 is 5.97 Å². The van der Waals surface area contributed by atoms with Crippen molar-refractivity contribution in [2.75, 3.05) is 20.7 Å². The van der Waals surface area contributed by atoms with E-state index in [1.54, 1.807) is 13.1 Å². The Bertz CT molecular complexity index is 843. The van der Waals surface area contributed by atoms with Crippen LogP contribution in [0.2, 0.25) is 0 Å². The summed E-state index contributed by atoms with van der Waals surface area (Å²) in [5.74, 6) is -1.42. The third-order valence-corrected chi connectivity index (χ3v) is 7.84. The minimum Gasteiger partial charge on any atom is -0.460 e. The summed E-state index contributed by atoms with van der Waals surface area (Å²) in [4.78, 5) is 39.8. The number of rotatable bonds is 20. The molecule has 0 aromatic carbocycles. The van der Waals surface area contributed by atoms with Crippen LogP contribution in [-0.2, 0) is 23.9 Å². The smallest absolute Gasteiger partial charge is 0.306 e. The maximum absolute atomic E-state index is 13.0. The van der Waals surface area contributed by atoms with Gasteiger partial charge in [0.15, 0.2) is 6.10 Å². The normalized spacial score (nSPS) is 20.9. The second kappa shape index (κ2) is 20.9. The van der Waals surface area contributed by atoms with Crippen LogP contribution in [-0.4, -0.2) is 95.3 Å². The molecule has 0 saturated carbocycles. The van der Waals surface area contributed by atoms with E-state index in [1.165, 1.54) is 69.5 Å². The van der Waals surface area contributed by atoms with Gasteiger partial charge < -0.3 is 35.0 Å². The number of aliphatic hydroxyl groups excluding tert-OH is 3. The molecule has 2 amide bonds. The molecule has 0 aromatic rings. The summed E-state index contributed by atoms with van der Waals surface area (Å²) in [6.45, 7) is 8.19. The molecule has 0 radical (unpaired) electrons. The number of unbranched alkanes of at least 4 members (excludes halogenated alkanes) is 10. The van der Waals surface area contributed by atoms with Crippen molar-refractivity contribution in [2.45, 2.75) is 154 Å². The first-order chi connectivity index (χ1) is 20.3. The predicted octanol–water partition coefficient (Wildman–Crippen LogP) is 4.04. The number of allylic oxidation sites excluding steroid dienone is 1. The Hall–Kier alpha value is -2.01. The van der Waals surface area contributed by atoms with E-state index in [2.05, 4.69) is 12.2 Å². The van der Waals surface area contributed by atoms with Crippen molar-refractivity contribution in [1.82, 2.24) is 10.2 Å². The number of esters is 1. The van der Waals surface area contributed by atoms with Gasteiger partial charge in [0.1, 0.15) is 30.5 Å². The zero-order valence-electron chi connectivity index (χ0n) is 27.6. The molecule has 1 rings (SSSR count). The van der Waals surface area contributed by atoms with Crippen LogP contribution >= 0.6 is 0 Å². The Morgan fingerprint density at radius 3 is 2.05 bits per heavy atom. The van der Waals surface area contributed by atoms with E-state index >= 15 is 0 Å². The second-order valence-electron chi connectivity index (χ2n) is 13.1. The van der Waals surface area contributed by atoms with Crippen LogP contribution in [0.3, 0.4) is 0 Å². The first kappa shape index (κ1) is 39.0. The Balaban J connectivity index is 2.49. The molecule has 0 bridgehead atoms. The highest BCUT2D eigenvalue weighted by atomic mass is 16.5. The molecule has 1 unspecified atom stereocenters. The summed E-state index contributed by atoms with van der Waals surface area (Å²) < 4.78 is 10.8. The minimum atomic E-state index is -1.74. The van der Waals surface area contributed by atoms with E-state index < -0.39 is 42.5 Å². The van der Waals surface area contributed by atoms with Gasteiger partial charge in [-0.1, -0.05) is 104 Å². The Morgan fingerprint density at radius 1 is 0.953 bits per heavy atom. The van der Waals surface area contributed by atoms with Crippen molar-refractivity contribution in [2.24, 2.45) is 5.41 Å². The number of amides is 2. The lowest BCUT2D eigenvalue weighted by molar-refractivity contribution is -0.151. The monoisotopic (exact) mass is 612 g/mol. The van der Waals surface area contributed by atoms with Crippen molar-refractivity contribution in [3.05, 3.63) is 12.2 Å². The molecule has 4 N–H and O–H groups in total. The fourth-order valence-electron chi connectivity index (χ4n) is 5.17. The summed E-state index contributed by atoms with van der Waals surface area (Å²) in [5, 5.41) is 33.9. The molecule has 1 aliphatic rings. The van der Waals surface area contributed by atoms with Gasteiger partial charge in [0.25, 0.3) is 5.91 Å². The quantitative estimate of drug-likeness (QED) is 0.0916. The van der Waals surface area contributed by atoms with E-state index in [1.807, 2.05) is 20.8 Å². The van der Waals surface area contributed by atoms with E-state index in [0.29, 0.717) is 12.8 Å². The third-order valence-electron chi connectivity index (χ3n) is 7.84. The molecule has 1 heterocycles. The van der Waals surface area contributed by atoms with Gasteiger partial charge in [0, 0.05) is 20.6 Å². The standard InChI is InChI=1S/C33H60N2O8/c1-7-8-9-10-11-12-13-14-15-16-17-18-27(37)43-24-19-20-25(32(41)35(5)23-24)34-31(40)30(42-6)29(39)28(38)26(36)21-22-33(2,3)4/h21-22,24-26,28-30,36,38-39H,7-20,23H2,1-6H3,(H,34,40)/b22-21+/t24-,25?,26+,28-,29-,30+/m0/s1. The van der Waals surface area contributed by atoms with Crippen molar-refractivity contribution in [1.29, 1.82) is 0 Å². The zero-order chi connectivity index (χ0) is 32.4.